The minimum Gasteiger partial charge on any atom is -0.256 e. The first kappa shape index (κ1) is 28.2. The molecule has 0 saturated carbocycles. The summed E-state index contributed by atoms with van der Waals surface area (Å²) in [5.41, 5.74) is 13.4. The molecular weight excluding hydrogens is 611 g/mol. The molecule has 50 heavy (non-hydrogen) atoms. The van der Waals surface area contributed by atoms with Gasteiger partial charge < -0.3 is 0 Å². The molecule has 5 aromatic carbocycles. The second kappa shape index (κ2) is 11.4. The minimum atomic E-state index is 0.921. The number of hydrogen-bond acceptors (Lipinski definition) is 5. The van der Waals surface area contributed by atoms with Gasteiger partial charge >= 0.3 is 0 Å². The molecule has 0 aliphatic carbocycles. The molecule has 5 heterocycles. The standard InChI is InChI=1S/C45H27N5/c1-2-6-42-36(5-1)37(22-24-46-42)43-20-15-34-27-32(13-18-41(34)50-43)31-12-17-40-33(26-31)14-19-39(49-40)29-9-7-28(8-10-29)35-21-25-48-45-38(35)16-11-30-4-3-23-47-44(30)45/h1-27H. The Hall–Kier alpha value is -6.85. The van der Waals surface area contributed by atoms with Crippen molar-refractivity contribution in [1.29, 1.82) is 0 Å². The predicted molar refractivity (Wildman–Crippen MR) is 205 cm³/mol. The zero-order valence-electron chi connectivity index (χ0n) is 26.8. The minimum absolute atomic E-state index is 0.921. The van der Waals surface area contributed by atoms with Crippen molar-refractivity contribution in [3.63, 3.8) is 0 Å². The van der Waals surface area contributed by atoms with Crippen molar-refractivity contribution in [2.24, 2.45) is 0 Å². The van der Waals surface area contributed by atoms with Gasteiger partial charge in [-0.2, -0.15) is 0 Å². The maximum absolute atomic E-state index is 5.04. The number of para-hydroxylation sites is 1. The van der Waals surface area contributed by atoms with Gasteiger partial charge in [-0.1, -0.05) is 84.9 Å². The quantitative estimate of drug-likeness (QED) is 0.180. The molecule has 0 aliphatic heterocycles. The first-order chi connectivity index (χ1) is 24.7. The first-order valence-corrected chi connectivity index (χ1v) is 16.6. The molecule has 10 rings (SSSR count). The Kier molecular flexibility index (Phi) is 6.42. The highest BCUT2D eigenvalue weighted by molar-refractivity contribution is 6.08. The number of pyridine rings is 5. The Labute approximate surface area is 287 Å². The summed E-state index contributed by atoms with van der Waals surface area (Å²) in [7, 11) is 0. The van der Waals surface area contributed by atoms with Gasteiger partial charge in [0.2, 0.25) is 0 Å². The van der Waals surface area contributed by atoms with Crippen molar-refractivity contribution in [2.75, 3.05) is 0 Å². The van der Waals surface area contributed by atoms with E-state index in [0.29, 0.717) is 0 Å². The fraction of sp³-hybridized carbons (Fsp3) is 0. The summed E-state index contributed by atoms with van der Waals surface area (Å²) >= 11 is 0. The summed E-state index contributed by atoms with van der Waals surface area (Å²) in [5.74, 6) is 0. The van der Waals surface area contributed by atoms with Gasteiger partial charge in [-0.05, 0) is 82.9 Å². The molecule has 0 aliphatic rings. The summed E-state index contributed by atoms with van der Waals surface area (Å²) in [6, 6.07) is 50.7. The van der Waals surface area contributed by atoms with Crippen LogP contribution >= 0.6 is 0 Å². The lowest BCUT2D eigenvalue weighted by Gasteiger charge is -2.10. The zero-order valence-corrected chi connectivity index (χ0v) is 26.8. The van der Waals surface area contributed by atoms with Gasteiger partial charge in [-0.25, -0.2) is 9.97 Å². The third kappa shape index (κ3) is 4.75. The van der Waals surface area contributed by atoms with Gasteiger partial charge in [-0.3, -0.25) is 15.0 Å². The monoisotopic (exact) mass is 637 g/mol. The summed E-state index contributed by atoms with van der Waals surface area (Å²) in [5, 5.41) is 5.50. The van der Waals surface area contributed by atoms with E-state index in [9.17, 15) is 0 Å². The first-order valence-electron chi connectivity index (χ1n) is 16.6. The highest BCUT2D eigenvalue weighted by Gasteiger charge is 2.11. The lowest BCUT2D eigenvalue weighted by atomic mass is 9.98. The Bertz CT molecular complexity index is 2930. The van der Waals surface area contributed by atoms with E-state index >= 15 is 0 Å². The van der Waals surface area contributed by atoms with Gasteiger partial charge in [0.1, 0.15) is 0 Å². The molecule has 0 bridgehead atoms. The topological polar surface area (TPSA) is 64.5 Å². The summed E-state index contributed by atoms with van der Waals surface area (Å²) in [6.07, 6.45) is 5.55. The van der Waals surface area contributed by atoms with Crippen molar-refractivity contribution >= 4 is 54.5 Å². The Balaban J connectivity index is 0.936. The van der Waals surface area contributed by atoms with E-state index in [2.05, 4.69) is 130 Å². The van der Waals surface area contributed by atoms with E-state index in [1.807, 2.05) is 48.9 Å². The molecule has 0 N–H and O–H groups in total. The van der Waals surface area contributed by atoms with E-state index in [1.54, 1.807) is 0 Å². The number of fused-ring (bicyclic) bond motifs is 6. The molecule has 0 saturated heterocycles. The smallest absolute Gasteiger partial charge is 0.0970 e. The number of rotatable bonds is 4. The zero-order chi connectivity index (χ0) is 33.0. The van der Waals surface area contributed by atoms with Gasteiger partial charge in [0.05, 0.1) is 39.0 Å². The molecule has 0 atom stereocenters. The van der Waals surface area contributed by atoms with E-state index in [4.69, 9.17) is 9.97 Å². The van der Waals surface area contributed by atoms with Gasteiger partial charge in [0, 0.05) is 56.6 Å². The number of aromatic nitrogens is 5. The molecule has 0 amide bonds. The van der Waals surface area contributed by atoms with Crippen LogP contribution < -0.4 is 0 Å². The molecule has 10 aromatic rings. The third-order valence-electron chi connectivity index (χ3n) is 9.61. The van der Waals surface area contributed by atoms with Crippen molar-refractivity contribution < 1.29 is 0 Å². The fourth-order valence-corrected chi connectivity index (χ4v) is 7.07. The van der Waals surface area contributed by atoms with Crippen molar-refractivity contribution in [2.45, 2.75) is 0 Å². The van der Waals surface area contributed by atoms with Crippen LogP contribution in [0.25, 0.3) is 99.3 Å². The highest BCUT2D eigenvalue weighted by atomic mass is 14.7. The van der Waals surface area contributed by atoms with E-state index in [0.717, 1.165) is 99.3 Å². The van der Waals surface area contributed by atoms with Crippen LogP contribution in [0, 0.1) is 0 Å². The average molecular weight is 638 g/mol. The van der Waals surface area contributed by atoms with Crippen LogP contribution in [0.1, 0.15) is 0 Å². The highest BCUT2D eigenvalue weighted by Crippen LogP contribution is 2.34. The molecule has 0 spiro atoms. The fourth-order valence-electron chi connectivity index (χ4n) is 7.07. The van der Waals surface area contributed by atoms with Crippen LogP contribution in [0.15, 0.2) is 164 Å². The SMILES string of the molecule is c1cnc2c(c1)ccc1c(-c3ccc(-c4ccc5cc(-c6ccc7nc(-c8ccnc9ccccc89)ccc7c6)ccc5n4)cc3)ccnc12. The van der Waals surface area contributed by atoms with Crippen molar-refractivity contribution in [1.82, 2.24) is 24.9 Å². The van der Waals surface area contributed by atoms with Gasteiger partial charge in [-0.15, -0.1) is 0 Å². The van der Waals surface area contributed by atoms with Crippen LogP contribution in [0.4, 0.5) is 0 Å². The van der Waals surface area contributed by atoms with Crippen LogP contribution in [0.2, 0.25) is 0 Å². The van der Waals surface area contributed by atoms with E-state index in [1.165, 1.54) is 0 Å². The molecular formula is C45H27N5. The van der Waals surface area contributed by atoms with Gasteiger partial charge in [0.15, 0.2) is 0 Å². The Morgan fingerprint density at radius 2 is 0.960 bits per heavy atom. The van der Waals surface area contributed by atoms with Crippen LogP contribution in [0.5, 0.6) is 0 Å². The second-order valence-electron chi connectivity index (χ2n) is 12.6. The molecule has 0 fully saturated rings. The Morgan fingerprint density at radius 3 is 1.78 bits per heavy atom. The average Bonchev–Trinajstić information content (AvgIpc) is 3.19. The van der Waals surface area contributed by atoms with Crippen molar-refractivity contribution in [3.8, 4) is 44.8 Å². The largest absolute Gasteiger partial charge is 0.256 e. The molecule has 5 nitrogen and oxygen atoms in total. The van der Waals surface area contributed by atoms with E-state index < -0.39 is 0 Å². The molecule has 0 unspecified atom stereocenters. The maximum atomic E-state index is 5.04. The van der Waals surface area contributed by atoms with Crippen LogP contribution in [0.3, 0.4) is 0 Å². The number of benzene rings is 5. The molecule has 5 heteroatoms. The van der Waals surface area contributed by atoms with Gasteiger partial charge in [0.25, 0.3) is 0 Å². The number of hydrogen-bond donors (Lipinski definition) is 0. The maximum Gasteiger partial charge on any atom is 0.0970 e. The van der Waals surface area contributed by atoms with Crippen LogP contribution in [-0.2, 0) is 0 Å². The van der Waals surface area contributed by atoms with Crippen molar-refractivity contribution in [3.05, 3.63) is 164 Å². The number of nitrogens with zero attached hydrogens (tertiary/aromatic N) is 5. The van der Waals surface area contributed by atoms with E-state index in [-0.39, 0.29) is 0 Å². The second-order valence-corrected chi connectivity index (χ2v) is 12.6. The lowest BCUT2D eigenvalue weighted by Crippen LogP contribution is -1.90. The Morgan fingerprint density at radius 1 is 0.320 bits per heavy atom. The predicted octanol–water partition coefficient (Wildman–Crippen LogP) is 11.1. The normalized spacial score (nSPS) is 11.6. The summed E-state index contributed by atoms with van der Waals surface area (Å²) in [4.78, 5) is 23.9. The summed E-state index contributed by atoms with van der Waals surface area (Å²) in [6.45, 7) is 0. The molecule has 0 radical (unpaired) electrons. The summed E-state index contributed by atoms with van der Waals surface area (Å²) < 4.78 is 0. The molecule has 232 valence electrons. The third-order valence-corrected chi connectivity index (χ3v) is 9.61. The molecule has 5 aromatic heterocycles. The van der Waals surface area contributed by atoms with Crippen LogP contribution in [-0.4, -0.2) is 24.9 Å². The lowest BCUT2D eigenvalue weighted by molar-refractivity contribution is 1.37.